The van der Waals surface area contributed by atoms with Gasteiger partial charge in [0.25, 0.3) is 5.56 Å². The minimum atomic E-state index is -0.481. The quantitative estimate of drug-likeness (QED) is 0.426. The van der Waals surface area contributed by atoms with Crippen molar-refractivity contribution >= 4 is 16.8 Å². The van der Waals surface area contributed by atoms with Crippen molar-refractivity contribution < 1.29 is 4.79 Å². The van der Waals surface area contributed by atoms with Gasteiger partial charge in [0.05, 0.1) is 16.8 Å². The van der Waals surface area contributed by atoms with Crippen LogP contribution in [0, 0.1) is 6.92 Å². The lowest BCUT2D eigenvalue weighted by molar-refractivity contribution is 0.103. The lowest BCUT2D eigenvalue weighted by atomic mass is 10.0. The van der Waals surface area contributed by atoms with E-state index in [9.17, 15) is 9.59 Å². The molecule has 0 aliphatic rings. The van der Waals surface area contributed by atoms with Crippen LogP contribution in [0.3, 0.4) is 0 Å². The number of para-hydroxylation sites is 2. The number of hydrogen-bond donors (Lipinski definition) is 0. The molecule has 0 aliphatic heterocycles. The molecule has 2 aromatic heterocycles. The van der Waals surface area contributed by atoms with Gasteiger partial charge in [-0.25, -0.2) is 0 Å². The Bertz CT molecular complexity index is 1470. The third-order valence-corrected chi connectivity index (χ3v) is 5.13. The van der Waals surface area contributed by atoms with Crippen molar-refractivity contribution in [1.82, 2.24) is 24.8 Å². The summed E-state index contributed by atoms with van der Waals surface area (Å²) in [6.07, 6.45) is 0. The van der Waals surface area contributed by atoms with Gasteiger partial charge in [-0.15, -0.1) is 10.2 Å². The van der Waals surface area contributed by atoms with Gasteiger partial charge in [-0.05, 0) is 31.2 Å². The van der Waals surface area contributed by atoms with Crippen molar-refractivity contribution in [3.8, 4) is 11.5 Å². The minimum Gasteiger partial charge on any atom is -0.288 e. The minimum absolute atomic E-state index is 0.0552. The average Bonchev–Trinajstić information content (AvgIpc) is 3.24. The molecule has 0 aliphatic carbocycles. The lowest BCUT2D eigenvalue weighted by Gasteiger charge is -2.14. The molecule has 0 N–H and O–H groups in total. The van der Waals surface area contributed by atoms with E-state index in [2.05, 4.69) is 15.4 Å². The largest absolute Gasteiger partial charge is 0.288 e. The van der Waals surface area contributed by atoms with Crippen LogP contribution in [0.2, 0.25) is 0 Å². The third-order valence-electron chi connectivity index (χ3n) is 5.13. The van der Waals surface area contributed by atoms with Gasteiger partial charge in [0.2, 0.25) is 0 Å². The van der Waals surface area contributed by atoms with Gasteiger partial charge in [-0.2, -0.15) is 9.36 Å². The smallest absolute Gasteiger partial charge is 0.283 e. The van der Waals surface area contributed by atoms with E-state index in [0.717, 1.165) is 5.52 Å². The van der Waals surface area contributed by atoms with Crippen LogP contribution < -0.4 is 5.56 Å². The Kier molecular flexibility index (Phi) is 4.48. The van der Waals surface area contributed by atoms with E-state index in [-0.39, 0.29) is 11.3 Å². The van der Waals surface area contributed by atoms with E-state index in [1.54, 1.807) is 48.0 Å². The SMILES string of the molecule is Cc1c(-n2nnc3ccccc32)nn(-c2ccccc2)c(=O)c1C(=O)c1ccccc1. The predicted molar refractivity (Wildman–Crippen MR) is 117 cm³/mol. The first-order valence-corrected chi connectivity index (χ1v) is 9.75. The van der Waals surface area contributed by atoms with Crippen molar-refractivity contribution in [1.29, 1.82) is 0 Å². The standard InChI is InChI=1S/C24H17N5O2/c1-16-21(22(30)17-10-4-2-5-11-17)24(31)28(18-12-6-3-7-13-18)26-23(16)29-20-15-9-8-14-19(20)25-27-29/h2-15H,1H3. The topological polar surface area (TPSA) is 82.7 Å². The summed E-state index contributed by atoms with van der Waals surface area (Å²) in [6.45, 7) is 1.71. The summed E-state index contributed by atoms with van der Waals surface area (Å²) in [5, 5.41) is 13.0. The molecule has 0 bridgehead atoms. The Morgan fingerprint density at radius 1 is 0.806 bits per heavy atom. The summed E-state index contributed by atoms with van der Waals surface area (Å²) >= 11 is 0. The number of rotatable bonds is 4. The fourth-order valence-electron chi connectivity index (χ4n) is 3.57. The van der Waals surface area contributed by atoms with Gasteiger partial charge in [0.15, 0.2) is 11.6 Å². The van der Waals surface area contributed by atoms with E-state index in [0.29, 0.717) is 28.1 Å². The normalized spacial score (nSPS) is 11.0. The second-order valence-corrected chi connectivity index (χ2v) is 7.06. The summed E-state index contributed by atoms with van der Waals surface area (Å²) < 4.78 is 2.81. The molecule has 2 heterocycles. The first kappa shape index (κ1) is 18.6. The highest BCUT2D eigenvalue weighted by Crippen LogP contribution is 2.21. The average molecular weight is 407 g/mol. The van der Waals surface area contributed by atoms with E-state index in [4.69, 9.17) is 0 Å². The highest BCUT2D eigenvalue weighted by atomic mass is 16.2. The van der Waals surface area contributed by atoms with Crippen molar-refractivity contribution in [3.63, 3.8) is 0 Å². The second kappa shape index (κ2) is 7.46. The van der Waals surface area contributed by atoms with Crippen LogP contribution in [0.25, 0.3) is 22.5 Å². The molecule has 31 heavy (non-hydrogen) atoms. The van der Waals surface area contributed by atoms with Gasteiger partial charge in [-0.1, -0.05) is 65.9 Å². The van der Waals surface area contributed by atoms with E-state index in [1.807, 2.05) is 48.5 Å². The number of fused-ring (bicyclic) bond motifs is 1. The molecule has 0 amide bonds. The van der Waals surface area contributed by atoms with Gasteiger partial charge in [0.1, 0.15) is 5.52 Å². The zero-order valence-electron chi connectivity index (χ0n) is 16.6. The Labute approximate surface area is 177 Å². The maximum atomic E-state index is 13.4. The molecule has 0 radical (unpaired) electrons. The lowest BCUT2D eigenvalue weighted by Crippen LogP contribution is -2.31. The van der Waals surface area contributed by atoms with Crippen LogP contribution >= 0.6 is 0 Å². The molecular weight excluding hydrogens is 390 g/mol. The highest BCUT2D eigenvalue weighted by Gasteiger charge is 2.24. The number of carbonyl (C=O) groups is 1. The molecule has 7 nitrogen and oxygen atoms in total. The summed E-state index contributed by atoms with van der Waals surface area (Å²) in [5.74, 6) is 0.0114. The molecule has 5 rings (SSSR count). The third kappa shape index (κ3) is 3.12. The van der Waals surface area contributed by atoms with Crippen LogP contribution in [0.5, 0.6) is 0 Å². The predicted octanol–water partition coefficient (Wildman–Crippen LogP) is 3.51. The Morgan fingerprint density at radius 2 is 1.45 bits per heavy atom. The molecule has 150 valence electrons. The second-order valence-electron chi connectivity index (χ2n) is 7.06. The molecule has 0 fully saturated rings. The number of nitrogens with zero attached hydrogens (tertiary/aromatic N) is 5. The van der Waals surface area contributed by atoms with Crippen LogP contribution in [0.15, 0.2) is 89.7 Å². The molecule has 0 spiro atoms. The molecule has 3 aromatic carbocycles. The maximum Gasteiger partial charge on any atom is 0.283 e. The van der Waals surface area contributed by atoms with E-state index in [1.165, 1.54) is 4.68 Å². The van der Waals surface area contributed by atoms with Crippen molar-refractivity contribution in [2.24, 2.45) is 0 Å². The fraction of sp³-hybridized carbons (Fsp3) is 0.0417. The van der Waals surface area contributed by atoms with E-state index >= 15 is 0 Å². The first-order valence-electron chi connectivity index (χ1n) is 9.75. The van der Waals surface area contributed by atoms with Gasteiger partial charge in [-0.3, -0.25) is 9.59 Å². The molecule has 0 atom stereocenters. The number of hydrogen-bond acceptors (Lipinski definition) is 5. The first-order chi connectivity index (χ1) is 15.1. The molecule has 0 saturated heterocycles. The fourth-order valence-corrected chi connectivity index (χ4v) is 3.57. The van der Waals surface area contributed by atoms with Crippen molar-refractivity contribution in [3.05, 3.63) is 112 Å². The molecule has 0 unspecified atom stereocenters. The van der Waals surface area contributed by atoms with Crippen LogP contribution in [-0.2, 0) is 0 Å². The monoisotopic (exact) mass is 407 g/mol. The van der Waals surface area contributed by atoms with E-state index < -0.39 is 5.56 Å². The van der Waals surface area contributed by atoms with Gasteiger partial charge >= 0.3 is 0 Å². The summed E-state index contributed by atoms with van der Waals surface area (Å²) in [6, 6.07) is 25.2. The molecular formula is C24H17N5O2. The summed E-state index contributed by atoms with van der Waals surface area (Å²) in [7, 11) is 0. The molecule has 7 heteroatoms. The highest BCUT2D eigenvalue weighted by molar-refractivity contribution is 6.10. The van der Waals surface area contributed by atoms with Crippen molar-refractivity contribution in [2.75, 3.05) is 0 Å². The number of ketones is 1. The number of aromatic nitrogens is 5. The van der Waals surface area contributed by atoms with Crippen LogP contribution in [0.1, 0.15) is 21.5 Å². The Balaban J connectivity index is 1.83. The Morgan fingerprint density at radius 3 is 2.19 bits per heavy atom. The molecule has 5 aromatic rings. The van der Waals surface area contributed by atoms with Gasteiger partial charge < -0.3 is 0 Å². The summed E-state index contributed by atoms with van der Waals surface area (Å²) in [4.78, 5) is 26.8. The number of benzene rings is 3. The van der Waals surface area contributed by atoms with Gasteiger partial charge in [0, 0.05) is 11.1 Å². The maximum absolute atomic E-state index is 13.4. The number of carbonyl (C=O) groups excluding carboxylic acids is 1. The Hall–Kier alpha value is -4.39. The van der Waals surface area contributed by atoms with Crippen LogP contribution in [0.4, 0.5) is 0 Å². The van der Waals surface area contributed by atoms with Crippen LogP contribution in [-0.4, -0.2) is 30.6 Å². The zero-order valence-corrected chi connectivity index (χ0v) is 16.6. The molecule has 0 saturated carbocycles. The zero-order chi connectivity index (χ0) is 21.4. The summed E-state index contributed by atoms with van der Waals surface area (Å²) in [5.41, 5.74) is 2.43. The van der Waals surface area contributed by atoms with Crippen molar-refractivity contribution in [2.45, 2.75) is 6.92 Å².